The van der Waals surface area contributed by atoms with Gasteiger partial charge in [-0.3, -0.25) is 9.59 Å². The fourth-order valence-electron chi connectivity index (χ4n) is 5.18. The van der Waals surface area contributed by atoms with E-state index in [1.54, 1.807) is 16.4 Å². The van der Waals surface area contributed by atoms with E-state index in [0.29, 0.717) is 56.9 Å². The van der Waals surface area contributed by atoms with Crippen LogP contribution in [0.15, 0.2) is 23.1 Å². The van der Waals surface area contributed by atoms with Gasteiger partial charge in [-0.05, 0) is 68.7 Å². The average Bonchev–Trinajstić information content (AvgIpc) is 3.57. The van der Waals surface area contributed by atoms with E-state index in [9.17, 15) is 18.0 Å². The van der Waals surface area contributed by atoms with E-state index >= 15 is 0 Å². The zero-order chi connectivity index (χ0) is 21.6. The van der Waals surface area contributed by atoms with Crippen molar-refractivity contribution in [3.8, 4) is 0 Å². The standard InChI is InChI=1S/C23H31N3O4S/c27-22(17-4-5-17)24-13-8-18(9-14-24)23(28)26-15-10-19-16-20(6-7-21(19)26)31(29,30)25-11-2-1-3-12-25/h6-7,16-18H,1-5,8-15H2. The quantitative estimate of drug-likeness (QED) is 0.713. The Labute approximate surface area is 184 Å². The highest BCUT2D eigenvalue weighted by atomic mass is 32.2. The number of likely N-dealkylation sites (tertiary alicyclic amines) is 1. The van der Waals surface area contributed by atoms with Gasteiger partial charge in [0.2, 0.25) is 21.8 Å². The molecule has 3 aliphatic heterocycles. The zero-order valence-electron chi connectivity index (χ0n) is 18.0. The van der Waals surface area contributed by atoms with Crippen LogP contribution in [0, 0.1) is 11.8 Å². The van der Waals surface area contributed by atoms with E-state index in [1.807, 2.05) is 15.9 Å². The maximum absolute atomic E-state index is 13.2. The number of carbonyl (C=O) groups is 2. The molecule has 0 aromatic heterocycles. The number of hydrogen-bond donors (Lipinski definition) is 0. The van der Waals surface area contributed by atoms with Crippen LogP contribution in [-0.4, -0.2) is 62.2 Å². The lowest BCUT2D eigenvalue weighted by Gasteiger charge is -2.33. The van der Waals surface area contributed by atoms with Crippen molar-refractivity contribution in [2.75, 3.05) is 37.6 Å². The molecule has 0 bridgehead atoms. The molecule has 168 valence electrons. The number of nitrogens with zero attached hydrogens (tertiary/aromatic N) is 3. The first-order valence-electron chi connectivity index (χ1n) is 11.7. The minimum atomic E-state index is -3.47. The SMILES string of the molecule is O=C(C1CC1)N1CCC(C(=O)N2CCc3cc(S(=O)(=O)N4CCCCC4)ccc32)CC1. The van der Waals surface area contributed by atoms with Gasteiger partial charge in [0.25, 0.3) is 0 Å². The van der Waals surface area contributed by atoms with Gasteiger partial charge < -0.3 is 9.80 Å². The minimum Gasteiger partial charge on any atom is -0.342 e. The van der Waals surface area contributed by atoms with Crippen molar-refractivity contribution in [3.63, 3.8) is 0 Å². The van der Waals surface area contributed by atoms with Gasteiger partial charge in [0.15, 0.2) is 0 Å². The molecule has 2 saturated heterocycles. The van der Waals surface area contributed by atoms with Gasteiger partial charge in [-0.15, -0.1) is 0 Å². The number of hydrogen-bond acceptors (Lipinski definition) is 4. The molecule has 8 heteroatoms. The number of piperidine rings is 2. The van der Waals surface area contributed by atoms with E-state index in [-0.39, 0.29) is 23.7 Å². The van der Waals surface area contributed by atoms with Crippen molar-refractivity contribution in [2.24, 2.45) is 11.8 Å². The summed E-state index contributed by atoms with van der Waals surface area (Å²) < 4.78 is 27.6. The Morgan fingerprint density at radius 3 is 2.16 bits per heavy atom. The number of benzene rings is 1. The smallest absolute Gasteiger partial charge is 0.243 e. The molecule has 4 aliphatic rings. The number of carbonyl (C=O) groups excluding carboxylic acids is 2. The second-order valence-corrected chi connectivity index (χ2v) is 11.3. The number of fused-ring (bicyclic) bond motifs is 1. The van der Waals surface area contributed by atoms with Crippen LogP contribution in [0.1, 0.15) is 50.5 Å². The van der Waals surface area contributed by atoms with Crippen LogP contribution in [0.3, 0.4) is 0 Å². The number of sulfonamides is 1. The lowest BCUT2D eigenvalue weighted by atomic mass is 9.95. The summed E-state index contributed by atoms with van der Waals surface area (Å²) in [5, 5.41) is 0. The molecule has 1 aromatic rings. The van der Waals surface area contributed by atoms with Crippen molar-refractivity contribution in [3.05, 3.63) is 23.8 Å². The summed E-state index contributed by atoms with van der Waals surface area (Å²) in [4.78, 5) is 29.6. The lowest BCUT2D eigenvalue weighted by molar-refractivity contribution is -0.136. The fraction of sp³-hybridized carbons (Fsp3) is 0.652. The summed E-state index contributed by atoms with van der Waals surface area (Å²) >= 11 is 0. The molecule has 31 heavy (non-hydrogen) atoms. The Balaban J connectivity index is 1.26. The van der Waals surface area contributed by atoms with E-state index in [4.69, 9.17) is 0 Å². The summed E-state index contributed by atoms with van der Waals surface area (Å²) in [7, 11) is -3.47. The number of anilines is 1. The summed E-state index contributed by atoms with van der Waals surface area (Å²) in [5.41, 5.74) is 1.78. The largest absolute Gasteiger partial charge is 0.342 e. The van der Waals surface area contributed by atoms with Gasteiger partial charge >= 0.3 is 0 Å². The third-order valence-corrected chi connectivity index (χ3v) is 9.14. The first-order chi connectivity index (χ1) is 14.9. The van der Waals surface area contributed by atoms with Gasteiger partial charge in [0.1, 0.15) is 0 Å². The van der Waals surface area contributed by atoms with Crippen LogP contribution < -0.4 is 4.90 Å². The molecule has 3 fully saturated rings. The molecule has 0 unspecified atom stereocenters. The molecular formula is C23H31N3O4S. The molecule has 2 amide bonds. The molecule has 3 heterocycles. The Hall–Kier alpha value is -1.93. The summed E-state index contributed by atoms with van der Waals surface area (Å²) in [6, 6.07) is 5.23. The Morgan fingerprint density at radius 1 is 0.806 bits per heavy atom. The maximum Gasteiger partial charge on any atom is 0.243 e. The average molecular weight is 446 g/mol. The van der Waals surface area contributed by atoms with Gasteiger partial charge in [0, 0.05) is 50.2 Å². The Kier molecular flexibility index (Phi) is 5.54. The predicted octanol–water partition coefficient (Wildman–Crippen LogP) is 2.40. The lowest BCUT2D eigenvalue weighted by Crippen LogP contribution is -2.44. The minimum absolute atomic E-state index is 0.0639. The summed E-state index contributed by atoms with van der Waals surface area (Å²) in [6.45, 7) is 3.11. The van der Waals surface area contributed by atoms with Gasteiger partial charge in [0.05, 0.1) is 4.90 Å². The second kappa shape index (κ2) is 8.20. The number of rotatable bonds is 4. The molecule has 7 nitrogen and oxygen atoms in total. The number of amides is 2. The zero-order valence-corrected chi connectivity index (χ0v) is 18.8. The summed E-state index contributed by atoms with van der Waals surface area (Å²) in [6.07, 6.45) is 7.05. The third kappa shape index (κ3) is 4.00. The van der Waals surface area contributed by atoms with Crippen LogP contribution >= 0.6 is 0 Å². The first kappa shape index (κ1) is 20.9. The van der Waals surface area contributed by atoms with Crippen molar-refractivity contribution < 1.29 is 18.0 Å². The van der Waals surface area contributed by atoms with Crippen molar-refractivity contribution >= 4 is 27.5 Å². The highest BCUT2D eigenvalue weighted by molar-refractivity contribution is 7.89. The van der Waals surface area contributed by atoms with E-state index in [0.717, 1.165) is 43.4 Å². The first-order valence-corrected chi connectivity index (χ1v) is 13.1. The van der Waals surface area contributed by atoms with Crippen LogP contribution in [0.2, 0.25) is 0 Å². The highest BCUT2D eigenvalue weighted by Gasteiger charge is 2.38. The topological polar surface area (TPSA) is 78.0 Å². The molecule has 0 atom stereocenters. The Bertz CT molecular complexity index is 975. The van der Waals surface area contributed by atoms with Gasteiger partial charge in [-0.2, -0.15) is 4.31 Å². The highest BCUT2D eigenvalue weighted by Crippen LogP contribution is 2.35. The van der Waals surface area contributed by atoms with E-state index in [1.165, 1.54) is 0 Å². The van der Waals surface area contributed by atoms with Gasteiger partial charge in [-0.25, -0.2) is 8.42 Å². The van der Waals surface area contributed by atoms with Crippen molar-refractivity contribution in [1.29, 1.82) is 0 Å². The van der Waals surface area contributed by atoms with Crippen LogP contribution in [-0.2, 0) is 26.0 Å². The molecule has 1 saturated carbocycles. The van der Waals surface area contributed by atoms with Crippen molar-refractivity contribution in [1.82, 2.24) is 9.21 Å². The molecule has 1 aromatic carbocycles. The van der Waals surface area contributed by atoms with Crippen LogP contribution in [0.4, 0.5) is 5.69 Å². The predicted molar refractivity (Wildman–Crippen MR) is 117 cm³/mol. The molecule has 0 spiro atoms. The Morgan fingerprint density at radius 2 is 1.48 bits per heavy atom. The maximum atomic E-state index is 13.2. The van der Waals surface area contributed by atoms with E-state index < -0.39 is 10.0 Å². The monoisotopic (exact) mass is 445 g/mol. The van der Waals surface area contributed by atoms with Crippen LogP contribution in [0.5, 0.6) is 0 Å². The molecular weight excluding hydrogens is 414 g/mol. The molecule has 0 N–H and O–H groups in total. The molecule has 0 radical (unpaired) electrons. The van der Waals surface area contributed by atoms with Crippen molar-refractivity contribution in [2.45, 2.75) is 56.3 Å². The summed E-state index contributed by atoms with van der Waals surface area (Å²) in [5.74, 6) is 0.544. The molecule has 5 rings (SSSR count). The third-order valence-electron chi connectivity index (χ3n) is 7.25. The normalized spacial score (nSPS) is 23.1. The van der Waals surface area contributed by atoms with E-state index in [2.05, 4.69) is 0 Å². The fourth-order valence-corrected chi connectivity index (χ4v) is 6.75. The molecule has 1 aliphatic carbocycles. The van der Waals surface area contributed by atoms with Gasteiger partial charge in [-0.1, -0.05) is 6.42 Å². The van der Waals surface area contributed by atoms with Crippen LogP contribution in [0.25, 0.3) is 0 Å². The second-order valence-electron chi connectivity index (χ2n) is 9.37.